The van der Waals surface area contributed by atoms with Crippen LogP contribution in [-0.4, -0.2) is 201 Å². The maximum atomic E-state index is 15.2. The van der Waals surface area contributed by atoms with Crippen LogP contribution in [0.2, 0.25) is 0 Å². The zero-order valence-corrected chi connectivity index (χ0v) is 57.5. The Hall–Kier alpha value is -8.98. The van der Waals surface area contributed by atoms with E-state index in [-0.39, 0.29) is 106 Å². The number of carboxylic acids is 1. The highest BCUT2D eigenvalue weighted by atomic mass is 33.1. The third-order valence-electron chi connectivity index (χ3n) is 17.0. The molecule has 3 aromatic carbocycles. The number of H-pyrrole nitrogens is 1. The summed E-state index contributed by atoms with van der Waals surface area (Å²) in [5.74, 6) is -10.9. The number of nitrogens with two attached hydrogens (primary N) is 3. The van der Waals surface area contributed by atoms with Gasteiger partial charge in [0.25, 0.3) is 0 Å². The molecule has 0 bridgehead atoms. The average Bonchev–Trinajstić information content (AvgIpc) is 1.71. The molecule has 32 heteroatoms. The minimum Gasteiger partial charge on any atom is -0.508 e. The van der Waals surface area contributed by atoms with Crippen LogP contribution in [0.4, 0.5) is 0 Å². The minimum absolute atomic E-state index is 0.0247. The van der Waals surface area contributed by atoms with Crippen molar-refractivity contribution in [1.82, 2.24) is 57.7 Å². The van der Waals surface area contributed by atoms with E-state index in [0.29, 0.717) is 55.2 Å². The number of amides is 11. The van der Waals surface area contributed by atoms with E-state index >= 15 is 9.59 Å². The molecular weight excluding hydrogens is 1320 g/mol. The Morgan fingerprint density at radius 1 is 0.677 bits per heavy atom. The number of nitrogens with zero attached hydrogens (tertiary/aromatic N) is 1. The van der Waals surface area contributed by atoms with Gasteiger partial charge in [-0.2, -0.15) is 0 Å². The van der Waals surface area contributed by atoms with Crippen molar-refractivity contribution in [1.29, 1.82) is 0 Å². The summed E-state index contributed by atoms with van der Waals surface area (Å²) >= 11 is 0. The summed E-state index contributed by atoms with van der Waals surface area (Å²) in [5.41, 5.74) is 18.5. The molecule has 2 saturated heterocycles. The molecule has 1 aromatic heterocycles. The third kappa shape index (κ3) is 25.7. The zero-order chi connectivity index (χ0) is 72.2. The van der Waals surface area contributed by atoms with Gasteiger partial charge in [-0.3, -0.25) is 57.5 Å². The number of carboxylic acid groups (broad SMARTS) is 1. The van der Waals surface area contributed by atoms with E-state index in [0.717, 1.165) is 32.5 Å². The SMILES string of the molecule is COC(C)(C)C[C@@H]1NC(=O)[C@@H](NC(=O)[C@H](Cc2ccc(O)cc2)NC(=O)[C@@H]2CCCN2C(=O)CCN)CSSC[C@@H](C(N)=O)NC(=O)[C@H](CCC(=O)O)NC(=O)[C@H](Cc2c[nH]c3ccccc23)NC(=O)CCCCCNC(=O)[C@H](CCCCN)NC(=O)[C@H](Cc2ccc(O)cc2)NC1=O. The Morgan fingerprint density at radius 3 is 1.95 bits per heavy atom. The normalized spacial score (nSPS) is 22.2. The molecule has 11 amide bonds. The van der Waals surface area contributed by atoms with E-state index in [4.69, 9.17) is 21.9 Å². The maximum absolute atomic E-state index is 15.2. The van der Waals surface area contributed by atoms with Gasteiger partial charge >= 0.3 is 5.97 Å². The number of carbonyl (C=O) groups is 12. The number of fused-ring (bicyclic) bond motifs is 1. The lowest BCUT2D eigenvalue weighted by molar-refractivity contribution is -0.139. The number of nitrogens with one attached hydrogen (secondary N) is 10. The van der Waals surface area contributed by atoms with Crippen molar-refractivity contribution in [2.24, 2.45) is 17.2 Å². The standard InChI is InChI=1S/C67H94N14O16S2/c1-67(2,97-3)35-51-64(94)76-48(32-39-17-21-42(82)22-18-39)61(91)74-46(14-8-9-28-68)59(89)71-30-10-4-5-16-55(84)73-50(34-41-36-72-45-13-7-6-12-44(41)45)63(93)75-47(25-26-57(86)87)60(90)79-52(58(70)88)37-98-99-38-53(65(95)78-51)80-62(92)49(33-40-19-23-43(83)24-20-40)77-66(96)54-15-11-31-81(54)56(85)27-29-69/h6-7,12-13,17-24,36,46-54,72,82-83H,4-5,8-11,14-16,25-35,37-38,68-69H2,1-3H3,(H2,70,88)(H,71,89)(H,73,84)(H,74,91)(H,75,93)(H,76,94)(H,77,96)(H,78,95)(H,79,90)(H,80,92)(H,86,87)/t46-,47-,48-,49-,50-,51-,52-,53-,54-/m0/s1. The number of primary amides is 1. The van der Waals surface area contributed by atoms with Gasteiger partial charge in [0.2, 0.25) is 65.0 Å². The number of rotatable bonds is 23. The summed E-state index contributed by atoms with van der Waals surface area (Å²) in [5, 5.41) is 55.4. The Balaban J connectivity index is 1.39. The number of carbonyl (C=O) groups excluding carboxylic acids is 11. The number of methoxy groups -OCH3 is 1. The van der Waals surface area contributed by atoms with Crippen LogP contribution in [0, 0.1) is 0 Å². The van der Waals surface area contributed by atoms with Crippen molar-refractivity contribution >= 4 is 103 Å². The number of aromatic nitrogens is 1. The summed E-state index contributed by atoms with van der Waals surface area (Å²) < 4.78 is 5.75. The largest absolute Gasteiger partial charge is 0.508 e. The van der Waals surface area contributed by atoms with Gasteiger partial charge in [-0.25, -0.2) is 0 Å². The summed E-state index contributed by atoms with van der Waals surface area (Å²) in [6.07, 6.45) is 2.58. The van der Waals surface area contributed by atoms with Gasteiger partial charge in [-0.05, 0) is 119 Å². The smallest absolute Gasteiger partial charge is 0.303 e. The predicted octanol–water partition coefficient (Wildman–Crippen LogP) is 0.191. The molecule has 6 rings (SSSR count). The monoisotopic (exact) mass is 1410 g/mol. The number of aliphatic carboxylic acids is 1. The zero-order valence-electron chi connectivity index (χ0n) is 55.9. The van der Waals surface area contributed by atoms with Crippen LogP contribution in [0.5, 0.6) is 11.5 Å². The van der Waals surface area contributed by atoms with Gasteiger partial charge in [0, 0.05) is 100 Å². The second-order valence-corrected chi connectivity index (χ2v) is 27.6. The number of benzene rings is 3. The van der Waals surface area contributed by atoms with Gasteiger partial charge in [0.05, 0.1) is 5.60 Å². The molecule has 0 radical (unpaired) electrons. The van der Waals surface area contributed by atoms with Gasteiger partial charge in [0.1, 0.15) is 65.9 Å². The summed E-state index contributed by atoms with van der Waals surface area (Å²) in [6.45, 7) is 3.94. The van der Waals surface area contributed by atoms with Crippen LogP contribution in [0.15, 0.2) is 79.0 Å². The number of phenols is 2. The number of aromatic amines is 1. The predicted molar refractivity (Wildman–Crippen MR) is 371 cm³/mol. The quantitative estimate of drug-likeness (QED) is 0.0348. The lowest BCUT2D eigenvalue weighted by Gasteiger charge is -2.31. The average molecular weight is 1420 g/mol. The van der Waals surface area contributed by atoms with E-state index in [1.165, 1.54) is 60.5 Å². The van der Waals surface area contributed by atoms with Crippen LogP contribution >= 0.6 is 21.6 Å². The third-order valence-corrected chi connectivity index (χ3v) is 19.4. The van der Waals surface area contributed by atoms with Crippen LogP contribution in [0.3, 0.4) is 0 Å². The number of unbranched alkanes of at least 4 members (excludes halogenated alkanes) is 1. The first-order chi connectivity index (χ1) is 47.3. The van der Waals surface area contributed by atoms with Gasteiger partial charge in [-0.15, -0.1) is 0 Å². The Morgan fingerprint density at radius 2 is 1.29 bits per heavy atom. The molecule has 0 spiro atoms. The van der Waals surface area contributed by atoms with Crippen molar-refractivity contribution < 1.29 is 77.6 Å². The molecule has 4 aromatic rings. The molecule has 19 N–H and O–H groups in total. The molecule has 0 aliphatic carbocycles. The van der Waals surface area contributed by atoms with E-state index in [1.54, 1.807) is 26.1 Å². The van der Waals surface area contributed by atoms with Gasteiger partial charge in [0.15, 0.2) is 0 Å². The molecule has 2 aliphatic rings. The summed E-state index contributed by atoms with van der Waals surface area (Å²) in [4.78, 5) is 174. The Kier molecular flexibility index (Phi) is 31.6. The number of hydrogen-bond acceptors (Lipinski definition) is 19. The fraction of sp³-hybridized carbons (Fsp3) is 0.522. The summed E-state index contributed by atoms with van der Waals surface area (Å²) in [6, 6.07) is 6.14. The number of phenolic OH excluding ortho intramolecular Hbond substituents is 2. The first-order valence-corrected chi connectivity index (χ1v) is 35.6. The maximum Gasteiger partial charge on any atom is 0.303 e. The molecule has 30 nitrogen and oxygen atoms in total. The van der Waals surface area contributed by atoms with E-state index in [2.05, 4.69) is 52.8 Å². The van der Waals surface area contributed by atoms with Crippen LogP contribution < -0.4 is 65.1 Å². The van der Waals surface area contributed by atoms with Crippen molar-refractivity contribution in [2.45, 2.75) is 177 Å². The number of likely N-dealkylation sites (tertiary alicyclic amines) is 1. The topological polar surface area (TPSA) is 480 Å². The van der Waals surface area contributed by atoms with Crippen LogP contribution in [0.25, 0.3) is 10.9 Å². The van der Waals surface area contributed by atoms with Crippen molar-refractivity contribution in [3.8, 4) is 11.5 Å². The summed E-state index contributed by atoms with van der Waals surface area (Å²) in [7, 11) is 3.16. The van der Waals surface area contributed by atoms with Crippen molar-refractivity contribution in [2.75, 3.05) is 44.8 Å². The van der Waals surface area contributed by atoms with Gasteiger partial charge < -0.3 is 95.0 Å². The lowest BCUT2D eigenvalue weighted by atomic mass is 9.96. The minimum atomic E-state index is -1.64. The highest BCUT2D eigenvalue weighted by molar-refractivity contribution is 8.76. The Labute approximate surface area is 581 Å². The van der Waals surface area contributed by atoms with Crippen LogP contribution in [0.1, 0.15) is 114 Å². The van der Waals surface area contributed by atoms with Crippen LogP contribution in [-0.2, 0) is 81.5 Å². The number of ether oxygens (including phenoxy) is 1. The van der Waals surface area contributed by atoms with E-state index in [9.17, 15) is 63.3 Å². The number of para-hydroxylation sites is 1. The second-order valence-electron chi connectivity index (χ2n) is 25.1. The molecular formula is C67H94N14O16S2. The highest BCUT2D eigenvalue weighted by Gasteiger charge is 2.39. The van der Waals surface area contributed by atoms with E-state index < -0.39 is 138 Å². The number of hydrogen-bond donors (Lipinski definition) is 16. The second kappa shape index (κ2) is 39.6. The molecule has 0 saturated carbocycles. The molecule has 0 unspecified atom stereocenters. The van der Waals surface area contributed by atoms with Crippen molar-refractivity contribution in [3.63, 3.8) is 0 Å². The fourth-order valence-corrected chi connectivity index (χ4v) is 13.6. The highest BCUT2D eigenvalue weighted by Crippen LogP contribution is 2.26. The first-order valence-electron chi connectivity index (χ1n) is 33.1. The molecule has 2 aliphatic heterocycles. The molecule has 2 fully saturated rings. The Bertz CT molecular complexity index is 3430. The molecule has 99 heavy (non-hydrogen) atoms. The number of aromatic hydroxyl groups is 2. The molecule has 3 heterocycles. The van der Waals surface area contributed by atoms with Crippen molar-refractivity contribution in [3.05, 3.63) is 95.7 Å². The van der Waals surface area contributed by atoms with Gasteiger partial charge in [-0.1, -0.05) is 70.5 Å². The van der Waals surface area contributed by atoms with E-state index in [1.807, 2.05) is 18.2 Å². The molecule has 9 atom stereocenters. The molecule has 540 valence electrons. The lowest BCUT2D eigenvalue weighted by Crippen LogP contribution is -2.61. The first kappa shape index (κ1) is 79.0. The fourth-order valence-electron chi connectivity index (χ4n) is 11.3.